The Morgan fingerprint density at radius 2 is 1.79 bits per heavy atom. The van der Waals surface area contributed by atoms with Gasteiger partial charge in [-0.05, 0) is 87.9 Å². The van der Waals surface area contributed by atoms with E-state index < -0.39 is 12.1 Å². The van der Waals surface area contributed by atoms with Crippen LogP contribution in [0, 0.1) is 0 Å². The molecule has 0 bridgehead atoms. The topological polar surface area (TPSA) is 99.8 Å². The minimum atomic E-state index is -0.713. The number of benzene rings is 2. The number of ether oxygens (including phenoxy) is 1. The van der Waals surface area contributed by atoms with E-state index in [9.17, 15) is 14.4 Å². The molecule has 2 aromatic carbocycles. The highest BCUT2D eigenvalue weighted by Crippen LogP contribution is 2.34. The van der Waals surface area contributed by atoms with E-state index in [0.29, 0.717) is 38.0 Å². The number of carbonyl (C=O) groups excluding carboxylic acids is 3. The molecule has 0 saturated heterocycles. The molecule has 206 valence electrons. The summed E-state index contributed by atoms with van der Waals surface area (Å²) in [6, 6.07) is 14.8. The van der Waals surface area contributed by atoms with E-state index >= 15 is 0 Å². The van der Waals surface area contributed by atoms with Crippen LogP contribution in [0.2, 0.25) is 0 Å². The van der Waals surface area contributed by atoms with Crippen LogP contribution >= 0.6 is 15.9 Å². The van der Waals surface area contributed by atoms with Crippen LogP contribution < -0.4 is 16.0 Å². The quantitative estimate of drug-likeness (QED) is 0.297. The first-order chi connectivity index (χ1) is 18.3. The first-order valence-corrected chi connectivity index (χ1v) is 14.1. The van der Waals surface area contributed by atoms with Crippen molar-refractivity contribution in [2.75, 3.05) is 25.5 Å². The zero-order valence-corrected chi connectivity index (χ0v) is 24.1. The molecule has 1 aliphatic carbocycles. The van der Waals surface area contributed by atoms with Gasteiger partial charge in [-0.25, -0.2) is 4.79 Å². The van der Waals surface area contributed by atoms with Crippen molar-refractivity contribution in [3.8, 4) is 0 Å². The minimum Gasteiger partial charge on any atom is -0.469 e. The van der Waals surface area contributed by atoms with Crippen molar-refractivity contribution in [3.63, 3.8) is 0 Å². The molecule has 3 N–H and O–H groups in total. The Morgan fingerprint density at radius 3 is 2.50 bits per heavy atom. The second-order valence-electron chi connectivity index (χ2n) is 9.93. The molecule has 0 spiro atoms. The third kappa shape index (κ3) is 9.13. The van der Waals surface area contributed by atoms with Crippen molar-refractivity contribution in [1.82, 2.24) is 15.5 Å². The third-order valence-corrected chi connectivity index (χ3v) is 7.22. The predicted octanol–water partition coefficient (Wildman–Crippen LogP) is 5.19. The minimum absolute atomic E-state index is 0.0530. The van der Waals surface area contributed by atoms with Gasteiger partial charge < -0.3 is 20.7 Å². The second kappa shape index (κ2) is 14.9. The van der Waals surface area contributed by atoms with E-state index in [2.05, 4.69) is 61.0 Å². The summed E-state index contributed by atoms with van der Waals surface area (Å²) in [5, 5.41) is 8.62. The van der Waals surface area contributed by atoms with Crippen molar-refractivity contribution in [2.45, 2.75) is 70.5 Å². The van der Waals surface area contributed by atoms with Gasteiger partial charge in [0.05, 0.1) is 7.11 Å². The van der Waals surface area contributed by atoms with Crippen molar-refractivity contribution in [1.29, 1.82) is 0 Å². The van der Waals surface area contributed by atoms with Crippen molar-refractivity contribution >= 4 is 39.5 Å². The molecule has 9 heteroatoms. The van der Waals surface area contributed by atoms with Crippen LogP contribution in [0.3, 0.4) is 0 Å². The molecular formula is C29H39BrN4O4. The molecule has 2 atom stereocenters. The molecule has 0 aliphatic heterocycles. The van der Waals surface area contributed by atoms with Crippen molar-refractivity contribution in [3.05, 3.63) is 64.1 Å². The van der Waals surface area contributed by atoms with Gasteiger partial charge in [-0.3, -0.25) is 14.5 Å². The lowest BCUT2D eigenvalue weighted by atomic mass is 9.86. The molecule has 0 heterocycles. The Bertz CT molecular complexity index is 1080. The van der Waals surface area contributed by atoms with Crippen LogP contribution in [0.5, 0.6) is 0 Å². The van der Waals surface area contributed by atoms with E-state index in [1.807, 2.05) is 26.0 Å². The number of rotatable bonds is 12. The fourth-order valence-electron chi connectivity index (χ4n) is 4.87. The molecule has 8 nitrogen and oxygen atoms in total. The summed E-state index contributed by atoms with van der Waals surface area (Å²) >= 11 is 3.39. The van der Waals surface area contributed by atoms with Gasteiger partial charge in [0.2, 0.25) is 5.91 Å². The fourth-order valence-corrected chi connectivity index (χ4v) is 5.13. The average Bonchev–Trinajstić information content (AvgIpc) is 2.90. The highest BCUT2D eigenvalue weighted by molar-refractivity contribution is 9.10. The van der Waals surface area contributed by atoms with Crippen LogP contribution in [0.1, 0.15) is 63.1 Å². The molecule has 0 saturated carbocycles. The zero-order chi connectivity index (χ0) is 27.5. The van der Waals surface area contributed by atoms with E-state index in [-0.39, 0.29) is 24.0 Å². The standard InChI is InChI=1S/C29H39BrN4O4/c1-20(2)31-28(36)25(33-29(37)32-23-15-13-22(30)14-16-23)17-19-34(18-7-12-27(35)38-3)26-11-6-9-21-8-4-5-10-24(21)26/h4-5,8,10,13-16,20,25-26H,6-7,9,11-12,17-19H2,1-3H3,(H,31,36)(H2,32,33,37)/t25-,26?/m0/s1. The molecule has 2 aromatic rings. The van der Waals surface area contributed by atoms with Crippen LogP contribution in [0.4, 0.5) is 10.5 Å². The number of amides is 3. The number of nitrogens with zero attached hydrogens (tertiary/aromatic N) is 1. The molecule has 0 radical (unpaired) electrons. The first-order valence-electron chi connectivity index (χ1n) is 13.3. The Labute approximate surface area is 234 Å². The van der Waals surface area contributed by atoms with Crippen LogP contribution in [0.15, 0.2) is 53.0 Å². The number of esters is 1. The van der Waals surface area contributed by atoms with Gasteiger partial charge in [0.15, 0.2) is 0 Å². The maximum Gasteiger partial charge on any atom is 0.319 e. The van der Waals surface area contributed by atoms with Gasteiger partial charge in [0.25, 0.3) is 0 Å². The lowest BCUT2D eigenvalue weighted by Gasteiger charge is -2.36. The zero-order valence-electron chi connectivity index (χ0n) is 22.5. The van der Waals surface area contributed by atoms with E-state index in [1.165, 1.54) is 18.2 Å². The Kier molecular flexibility index (Phi) is 11.6. The normalized spacial score (nSPS) is 15.5. The monoisotopic (exact) mass is 586 g/mol. The van der Waals surface area contributed by atoms with Gasteiger partial charge >= 0.3 is 12.0 Å². The number of aryl methyl sites for hydroxylation is 1. The second-order valence-corrected chi connectivity index (χ2v) is 10.8. The number of fused-ring (bicyclic) bond motifs is 1. The number of halogens is 1. The molecule has 38 heavy (non-hydrogen) atoms. The molecule has 0 fully saturated rings. The Hall–Kier alpha value is -2.91. The highest BCUT2D eigenvalue weighted by atomic mass is 79.9. The number of hydrogen-bond donors (Lipinski definition) is 3. The summed E-state index contributed by atoms with van der Waals surface area (Å²) in [6.45, 7) is 5.08. The summed E-state index contributed by atoms with van der Waals surface area (Å²) in [5.74, 6) is -0.445. The number of hydrogen-bond acceptors (Lipinski definition) is 5. The predicted molar refractivity (Wildman–Crippen MR) is 153 cm³/mol. The largest absolute Gasteiger partial charge is 0.469 e. The summed E-state index contributed by atoms with van der Waals surface area (Å²) in [6.07, 6.45) is 4.58. The maximum absolute atomic E-state index is 13.1. The fraction of sp³-hybridized carbons (Fsp3) is 0.483. The number of nitrogens with one attached hydrogen (secondary N) is 3. The van der Waals surface area contributed by atoms with E-state index in [4.69, 9.17) is 4.74 Å². The van der Waals surface area contributed by atoms with Gasteiger partial charge in [-0.1, -0.05) is 40.2 Å². The maximum atomic E-state index is 13.1. The average molecular weight is 588 g/mol. The number of carbonyl (C=O) groups is 3. The Balaban J connectivity index is 1.73. The van der Waals surface area contributed by atoms with Crippen molar-refractivity contribution < 1.29 is 19.1 Å². The summed E-state index contributed by atoms with van der Waals surface area (Å²) in [4.78, 5) is 40.0. The molecular weight excluding hydrogens is 548 g/mol. The highest BCUT2D eigenvalue weighted by Gasteiger charge is 2.28. The van der Waals surface area contributed by atoms with Crippen LogP contribution in [-0.2, 0) is 20.7 Å². The molecule has 1 unspecified atom stereocenters. The first kappa shape index (κ1) is 29.6. The molecule has 3 amide bonds. The lowest BCUT2D eigenvalue weighted by Crippen LogP contribution is -2.51. The molecule has 1 aliphatic rings. The number of urea groups is 1. The molecule has 0 aromatic heterocycles. The number of anilines is 1. The number of methoxy groups -OCH3 is 1. The smallest absolute Gasteiger partial charge is 0.319 e. The summed E-state index contributed by atoms with van der Waals surface area (Å²) in [5.41, 5.74) is 3.29. The third-order valence-electron chi connectivity index (χ3n) is 6.69. The summed E-state index contributed by atoms with van der Waals surface area (Å²) < 4.78 is 5.74. The van der Waals surface area contributed by atoms with Crippen LogP contribution in [-0.4, -0.2) is 55.1 Å². The SMILES string of the molecule is COC(=O)CCCN(CC[C@H](NC(=O)Nc1ccc(Br)cc1)C(=O)NC(C)C)C1CCCc2ccccc21. The van der Waals surface area contributed by atoms with Gasteiger partial charge in [-0.15, -0.1) is 0 Å². The van der Waals surface area contributed by atoms with Gasteiger partial charge in [-0.2, -0.15) is 0 Å². The molecule has 3 rings (SSSR count). The van der Waals surface area contributed by atoms with E-state index in [1.54, 1.807) is 12.1 Å². The van der Waals surface area contributed by atoms with E-state index in [0.717, 1.165) is 23.7 Å². The van der Waals surface area contributed by atoms with Gasteiger partial charge in [0.1, 0.15) is 6.04 Å². The Morgan fingerprint density at radius 1 is 1.05 bits per heavy atom. The van der Waals surface area contributed by atoms with Crippen molar-refractivity contribution in [2.24, 2.45) is 0 Å². The van der Waals surface area contributed by atoms with Gasteiger partial charge in [0, 0.05) is 35.2 Å². The van der Waals surface area contributed by atoms with Crippen LogP contribution in [0.25, 0.3) is 0 Å². The lowest BCUT2D eigenvalue weighted by molar-refractivity contribution is -0.140. The summed E-state index contributed by atoms with van der Waals surface area (Å²) in [7, 11) is 1.40.